The van der Waals surface area contributed by atoms with Crippen molar-refractivity contribution in [3.05, 3.63) is 94.4 Å². The first-order chi connectivity index (χ1) is 15.9. The first kappa shape index (κ1) is 22.8. The molecule has 5 nitrogen and oxygen atoms in total. The predicted octanol–water partition coefficient (Wildman–Crippen LogP) is 5.73. The molecule has 33 heavy (non-hydrogen) atoms. The maximum Gasteiger partial charge on any atom is 0.270 e. The van der Waals surface area contributed by atoms with Gasteiger partial charge in [-0.3, -0.25) is 14.5 Å². The van der Waals surface area contributed by atoms with Crippen LogP contribution in [-0.4, -0.2) is 22.7 Å². The van der Waals surface area contributed by atoms with Crippen LogP contribution in [0.1, 0.15) is 16.7 Å². The maximum absolute atomic E-state index is 13.0. The number of hydrogen-bond donors (Lipinski definition) is 1. The zero-order valence-electron chi connectivity index (χ0n) is 18.2. The van der Waals surface area contributed by atoms with Crippen molar-refractivity contribution in [2.75, 3.05) is 16.8 Å². The quantitative estimate of drug-likeness (QED) is 0.365. The van der Waals surface area contributed by atoms with Gasteiger partial charge in [-0.05, 0) is 61.9 Å². The van der Waals surface area contributed by atoms with Gasteiger partial charge in [-0.25, -0.2) is 0 Å². The molecule has 1 fully saturated rings. The number of thioether (sulfide) groups is 1. The standard InChI is InChI=1S/C26H22N2O3S2/c1-17-6-10-20(11-7-17)27-24(29)16-31-22-5-3-4-19(14-22)15-23-25(30)28(26(32)33-23)21-12-8-18(2)9-13-21/h3-15H,16H2,1-2H3,(H,27,29)/b23-15-. The molecule has 0 aliphatic carbocycles. The Morgan fingerprint density at radius 2 is 1.70 bits per heavy atom. The van der Waals surface area contributed by atoms with E-state index in [0.717, 1.165) is 28.1 Å². The lowest BCUT2D eigenvalue weighted by atomic mass is 10.2. The number of rotatable bonds is 6. The lowest BCUT2D eigenvalue weighted by Gasteiger charge is -2.14. The van der Waals surface area contributed by atoms with Gasteiger partial charge in [-0.15, -0.1) is 0 Å². The van der Waals surface area contributed by atoms with Gasteiger partial charge in [0, 0.05) is 5.69 Å². The van der Waals surface area contributed by atoms with E-state index in [1.54, 1.807) is 23.1 Å². The van der Waals surface area contributed by atoms with Gasteiger partial charge >= 0.3 is 0 Å². The van der Waals surface area contributed by atoms with Crippen molar-refractivity contribution < 1.29 is 14.3 Å². The topological polar surface area (TPSA) is 58.6 Å². The van der Waals surface area contributed by atoms with Crippen LogP contribution in [0, 0.1) is 13.8 Å². The molecule has 3 aromatic carbocycles. The molecule has 0 saturated carbocycles. The zero-order valence-corrected chi connectivity index (χ0v) is 19.8. The van der Waals surface area contributed by atoms with Crippen molar-refractivity contribution in [1.82, 2.24) is 0 Å². The molecule has 3 aromatic rings. The van der Waals surface area contributed by atoms with Crippen molar-refractivity contribution in [1.29, 1.82) is 0 Å². The Hall–Kier alpha value is -3.42. The molecule has 166 valence electrons. The summed E-state index contributed by atoms with van der Waals surface area (Å²) in [7, 11) is 0. The van der Waals surface area contributed by atoms with Gasteiger partial charge in [-0.1, -0.05) is 71.5 Å². The fourth-order valence-corrected chi connectivity index (χ4v) is 4.51. The molecule has 4 rings (SSSR count). The lowest BCUT2D eigenvalue weighted by Crippen LogP contribution is -2.27. The fraction of sp³-hybridized carbons (Fsp3) is 0.115. The van der Waals surface area contributed by atoms with Gasteiger partial charge < -0.3 is 10.1 Å². The van der Waals surface area contributed by atoms with E-state index in [1.165, 1.54) is 11.8 Å². The highest BCUT2D eigenvalue weighted by molar-refractivity contribution is 8.27. The monoisotopic (exact) mass is 474 g/mol. The van der Waals surface area contributed by atoms with Gasteiger partial charge in [-0.2, -0.15) is 0 Å². The first-order valence-electron chi connectivity index (χ1n) is 10.3. The van der Waals surface area contributed by atoms with E-state index >= 15 is 0 Å². The number of thiocarbonyl (C=S) groups is 1. The van der Waals surface area contributed by atoms with Crippen LogP contribution in [0.15, 0.2) is 77.7 Å². The van der Waals surface area contributed by atoms with Gasteiger partial charge in [0.05, 0.1) is 10.6 Å². The highest BCUT2D eigenvalue weighted by Crippen LogP contribution is 2.36. The van der Waals surface area contributed by atoms with E-state index in [0.29, 0.717) is 15.0 Å². The number of nitrogens with one attached hydrogen (secondary N) is 1. The molecule has 7 heteroatoms. The van der Waals surface area contributed by atoms with Crippen molar-refractivity contribution in [2.45, 2.75) is 13.8 Å². The van der Waals surface area contributed by atoms with Crippen molar-refractivity contribution in [3.63, 3.8) is 0 Å². The third-order valence-electron chi connectivity index (χ3n) is 4.95. The van der Waals surface area contributed by atoms with E-state index in [-0.39, 0.29) is 18.4 Å². The molecule has 1 N–H and O–H groups in total. The predicted molar refractivity (Wildman–Crippen MR) is 139 cm³/mol. The molecule has 0 radical (unpaired) electrons. The summed E-state index contributed by atoms with van der Waals surface area (Å²) in [6.07, 6.45) is 1.78. The van der Waals surface area contributed by atoms with Crippen LogP contribution in [0.25, 0.3) is 6.08 Å². The Morgan fingerprint density at radius 1 is 1.03 bits per heavy atom. The van der Waals surface area contributed by atoms with E-state index < -0.39 is 0 Å². The Bertz CT molecular complexity index is 1240. The molecular weight excluding hydrogens is 452 g/mol. The minimum Gasteiger partial charge on any atom is -0.484 e. The number of hydrogen-bond acceptors (Lipinski definition) is 5. The Balaban J connectivity index is 1.41. The molecule has 0 spiro atoms. The van der Waals surface area contributed by atoms with Gasteiger partial charge in [0.2, 0.25) is 0 Å². The van der Waals surface area contributed by atoms with Gasteiger partial charge in [0.25, 0.3) is 11.8 Å². The van der Waals surface area contributed by atoms with E-state index in [9.17, 15) is 9.59 Å². The summed E-state index contributed by atoms with van der Waals surface area (Å²) in [5.41, 5.74) is 4.50. The fourth-order valence-electron chi connectivity index (χ4n) is 3.21. The smallest absolute Gasteiger partial charge is 0.270 e. The summed E-state index contributed by atoms with van der Waals surface area (Å²) in [6, 6.07) is 22.5. The number of aryl methyl sites for hydroxylation is 2. The van der Waals surface area contributed by atoms with Crippen LogP contribution in [-0.2, 0) is 9.59 Å². The second kappa shape index (κ2) is 10.0. The molecule has 0 bridgehead atoms. The summed E-state index contributed by atoms with van der Waals surface area (Å²) in [6.45, 7) is 3.87. The van der Waals surface area contributed by atoms with Crippen molar-refractivity contribution in [2.24, 2.45) is 0 Å². The Labute approximate surface area is 202 Å². The number of anilines is 2. The number of carbonyl (C=O) groups excluding carboxylic acids is 2. The van der Waals surface area contributed by atoms with Crippen LogP contribution >= 0.6 is 24.0 Å². The number of ether oxygens (including phenoxy) is 1. The summed E-state index contributed by atoms with van der Waals surface area (Å²) in [5, 5.41) is 2.80. The lowest BCUT2D eigenvalue weighted by molar-refractivity contribution is -0.118. The van der Waals surface area contributed by atoms with Gasteiger partial charge in [0.15, 0.2) is 10.9 Å². The van der Waals surface area contributed by atoms with E-state index in [4.69, 9.17) is 17.0 Å². The summed E-state index contributed by atoms with van der Waals surface area (Å²) < 4.78 is 6.14. The molecule has 1 heterocycles. The number of benzene rings is 3. The summed E-state index contributed by atoms with van der Waals surface area (Å²) in [5.74, 6) is 0.137. The Kier molecular flexibility index (Phi) is 6.91. The van der Waals surface area contributed by atoms with Crippen LogP contribution < -0.4 is 15.0 Å². The van der Waals surface area contributed by atoms with Crippen LogP contribution in [0.2, 0.25) is 0 Å². The maximum atomic E-state index is 13.0. The van der Waals surface area contributed by atoms with Crippen LogP contribution in [0.5, 0.6) is 5.75 Å². The molecule has 1 aliphatic heterocycles. The first-order valence-corrected chi connectivity index (χ1v) is 11.6. The molecule has 1 saturated heterocycles. The third kappa shape index (κ3) is 5.69. The number of carbonyl (C=O) groups is 2. The largest absolute Gasteiger partial charge is 0.484 e. The van der Waals surface area contributed by atoms with E-state index in [2.05, 4.69) is 5.32 Å². The SMILES string of the molecule is Cc1ccc(NC(=O)COc2cccc(/C=C3\SC(=S)N(c4ccc(C)cc4)C3=O)c2)cc1. The van der Waals surface area contributed by atoms with E-state index in [1.807, 2.05) is 74.5 Å². The minimum absolute atomic E-state index is 0.118. The van der Waals surface area contributed by atoms with Crippen molar-refractivity contribution in [3.8, 4) is 5.75 Å². The second-order valence-electron chi connectivity index (χ2n) is 7.63. The summed E-state index contributed by atoms with van der Waals surface area (Å²) in [4.78, 5) is 27.2. The average molecular weight is 475 g/mol. The molecule has 0 aromatic heterocycles. The average Bonchev–Trinajstić information content (AvgIpc) is 3.07. The molecule has 0 unspecified atom stereocenters. The minimum atomic E-state index is -0.247. The zero-order chi connectivity index (χ0) is 23.4. The summed E-state index contributed by atoms with van der Waals surface area (Å²) >= 11 is 6.71. The molecular formula is C26H22N2O3S2. The second-order valence-corrected chi connectivity index (χ2v) is 9.30. The normalized spacial score (nSPS) is 14.6. The van der Waals surface area contributed by atoms with Crippen molar-refractivity contribution >= 4 is 57.6 Å². The molecule has 0 atom stereocenters. The highest BCUT2D eigenvalue weighted by Gasteiger charge is 2.33. The van der Waals surface area contributed by atoms with Gasteiger partial charge in [0.1, 0.15) is 5.75 Å². The highest BCUT2D eigenvalue weighted by atomic mass is 32.2. The molecule has 2 amide bonds. The number of nitrogens with zero attached hydrogens (tertiary/aromatic N) is 1. The third-order valence-corrected chi connectivity index (χ3v) is 6.25. The van der Waals surface area contributed by atoms with Crippen LogP contribution in [0.3, 0.4) is 0 Å². The Morgan fingerprint density at radius 3 is 2.39 bits per heavy atom. The number of amides is 2. The molecule has 1 aliphatic rings. The van der Waals surface area contributed by atoms with Crippen LogP contribution in [0.4, 0.5) is 11.4 Å².